The Balaban J connectivity index is 1.38. The first kappa shape index (κ1) is 20.7. The average Bonchev–Trinajstić information content (AvgIpc) is 3.19. The number of amides is 1. The Morgan fingerprint density at radius 1 is 1.26 bits per heavy atom. The molecule has 0 radical (unpaired) electrons. The molecule has 0 spiro atoms. The number of nitrogens with zero attached hydrogens (tertiary/aromatic N) is 5. The number of carbonyl (C=O) groups excluding carboxylic acids is 1. The van der Waals surface area contributed by atoms with Crippen LogP contribution in [0.3, 0.4) is 0 Å². The topological polar surface area (TPSA) is 93.4 Å². The molecule has 0 bridgehead atoms. The van der Waals surface area contributed by atoms with Gasteiger partial charge in [-0.15, -0.1) is 5.10 Å². The van der Waals surface area contributed by atoms with E-state index >= 15 is 0 Å². The molecule has 0 saturated carbocycles. The largest absolute Gasteiger partial charge is 0.391 e. The summed E-state index contributed by atoms with van der Waals surface area (Å²) in [6.07, 6.45) is 4.53. The summed E-state index contributed by atoms with van der Waals surface area (Å²) in [6, 6.07) is 11.6. The summed E-state index contributed by atoms with van der Waals surface area (Å²) >= 11 is 0. The maximum absolute atomic E-state index is 12.8. The number of benzene rings is 1. The fraction of sp³-hybridized carbons (Fsp3) is 0.304. The normalized spacial score (nSPS) is 14.3. The third-order valence-electron chi connectivity index (χ3n) is 4.92. The van der Waals surface area contributed by atoms with Crippen molar-refractivity contribution < 1.29 is 14.6 Å². The molecule has 1 N–H and O–H groups in total. The van der Waals surface area contributed by atoms with E-state index < -0.39 is 6.10 Å². The van der Waals surface area contributed by atoms with Gasteiger partial charge in [-0.05, 0) is 17.6 Å². The number of likely N-dealkylation sites (N-methyl/N-ethyl adjacent to an activating group) is 1. The van der Waals surface area contributed by atoms with E-state index in [2.05, 4.69) is 27.0 Å². The molecule has 4 rings (SSSR count). The van der Waals surface area contributed by atoms with Gasteiger partial charge < -0.3 is 14.7 Å². The first-order valence-electron chi connectivity index (χ1n) is 10.0. The summed E-state index contributed by atoms with van der Waals surface area (Å²) in [5.41, 5.74) is 2.59. The fourth-order valence-electron chi connectivity index (χ4n) is 3.20. The van der Waals surface area contributed by atoms with Crippen molar-refractivity contribution in [2.45, 2.75) is 18.6 Å². The molecule has 2 aromatic heterocycles. The predicted octanol–water partition coefficient (Wildman–Crippen LogP) is 1.32. The smallest absolute Gasteiger partial charge is 0.255 e. The highest BCUT2D eigenvalue weighted by Crippen LogP contribution is 2.14. The van der Waals surface area contributed by atoms with Crippen molar-refractivity contribution in [1.29, 1.82) is 0 Å². The second-order valence-corrected chi connectivity index (χ2v) is 7.48. The van der Waals surface area contributed by atoms with Crippen molar-refractivity contribution in [2.24, 2.45) is 0 Å². The zero-order valence-corrected chi connectivity index (χ0v) is 17.2. The lowest BCUT2D eigenvalue weighted by atomic mass is 10.1. The SMILES string of the molecule is CN(CC(O)Cc1ccccc1)C(=O)c1cncc(C#Cc2cnn(C3COC3)n2)c1. The van der Waals surface area contributed by atoms with E-state index in [-0.39, 0.29) is 18.5 Å². The molecule has 31 heavy (non-hydrogen) atoms. The second kappa shape index (κ2) is 9.51. The van der Waals surface area contributed by atoms with Crippen molar-refractivity contribution in [2.75, 3.05) is 26.8 Å². The number of pyridine rings is 1. The third kappa shape index (κ3) is 5.34. The number of carbonyl (C=O) groups is 1. The van der Waals surface area contributed by atoms with Crippen LogP contribution in [0.5, 0.6) is 0 Å². The molecular weight excluding hydrogens is 394 g/mol. The molecule has 1 saturated heterocycles. The van der Waals surface area contributed by atoms with Crippen LogP contribution in [0.25, 0.3) is 0 Å². The quantitative estimate of drug-likeness (QED) is 0.608. The highest BCUT2D eigenvalue weighted by atomic mass is 16.5. The Bertz CT molecular complexity index is 1100. The molecule has 1 amide bonds. The van der Waals surface area contributed by atoms with Crippen LogP contribution in [0.2, 0.25) is 0 Å². The maximum atomic E-state index is 12.8. The van der Waals surface area contributed by atoms with Crippen molar-refractivity contribution >= 4 is 5.91 Å². The lowest BCUT2D eigenvalue weighted by Crippen LogP contribution is -2.35. The zero-order chi connectivity index (χ0) is 21.6. The Hall–Kier alpha value is -3.54. The van der Waals surface area contributed by atoms with Crippen molar-refractivity contribution in [3.05, 3.63) is 77.4 Å². The monoisotopic (exact) mass is 417 g/mol. The standard InChI is InChI=1S/C23H23N5O3/c1-27(14-22(29)10-17-5-3-2-4-6-17)23(30)19-9-18(11-24-12-19)7-8-20-13-25-28(26-20)21-15-31-16-21/h2-6,9,11-13,21-22,29H,10,14-16H2,1H3. The summed E-state index contributed by atoms with van der Waals surface area (Å²) in [4.78, 5) is 20.0. The number of hydrogen-bond donors (Lipinski definition) is 1. The summed E-state index contributed by atoms with van der Waals surface area (Å²) in [5, 5.41) is 18.9. The minimum atomic E-state index is -0.657. The summed E-state index contributed by atoms with van der Waals surface area (Å²) in [7, 11) is 1.66. The van der Waals surface area contributed by atoms with Crippen LogP contribution >= 0.6 is 0 Å². The van der Waals surface area contributed by atoms with Crippen molar-refractivity contribution in [3.8, 4) is 11.8 Å². The Morgan fingerprint density at radius 3 is 2.81 bits per heavy atom. The third-order valence-corrected chi connectivity index (χ3v) is 4.92. The number of aromatic nitrogens is 4. The first-order chi connectivity index (χ1) is 15.1. The van der Waals surface area contributed by atoms with Crippen molar-refractivity contribution in [1.82, 2.24) is 24.9 Å². The molecule has 1 atom stereocenters. The Labute approximate surface area is 180 Å². The zero-order valence-electron chi connectivity index (χ0n) is 17.2. The van der Waals surface area contributed by atoms with Gasteiger partial charge >= 0.3 is 0 Å². The molecule has 158 valence electrons. The molecular formula is C23H23N5O3. The van der Waals surface area contributed by atoms with Crippen LogP contribution in [0.1, 0.15) is 33.2 Å². The summed E-state index contributed by atoms with van der Waals surface area (Å²) < 4.78 is 5.14. The fourth-order valence-corrected chi connectivity index (χ4v) is 3.20. The van der Waals surface area contributed by atoms with E-state index in [4.69, 9.17) is 4.74 Å². The van der Waals surface area contributed by atoms with Crippen LogP contribution in [-0.4, -0.2) is 68.8 Å². The van der Waals surface area contributed by atoms with Crippen LogP contribution in [0, 0.1) is 11.8 Å². The molecule has 1 aliphatic heterocycles. The highest BCUT2D eigenvalue weighted by Gasteiger charge is 2.22. The van der Waals surface area contributed by atoms with Gasteiger partial charge in [0.15, 0.2) is 5.69 Å². The molecule has 1 aromatic carbocycles. The number of hydrogen-bond acceptors (Lipinski definition) is 6. The lowest BCUT2D eigenvalue weighted by Gasteiger charge is -2.24. The van der Waals surface area contributed by atoms with E-state index in [9.17, 15) is 9.90 Å². The highest BCUT2D eigenvalue weighted by molar-refractivity contribution is 5.94. The van der Waals surface area contributed by atoms with Gasteiger partial charge in [0.05, 0.1) is 31.1 Å². The Morgan fingerprint density at radius 2 is 2.06 bits per heavy atom. The van der Waals surface area contributed by atoms with Gasteiger partial charge in [0, 0.05) is 38.0 Å². The predicted molar refractivity (Wildman–Crippen MR) is 113 cm³/mol. The minimum absolute atomic E-state index is 0.172. The van der Waals surface area contributed by atoms with E-state index in [0.717, 1.165) is 5.56 Å². The molecule has 8 nitrogen and oxygen atoms in total. The van der Waals surface area contributed by atoms with Crippen LogP contribution in [-0.2, 0) is 11.2 Å². The lowest BCUT2D eigenvalue weighted by molar-refractivity contribution is -0.0348. The van der Waals surface area contributed by atoms with Gasteiger partial charge in [0.25, 0.3) is 5.91 Å². The van der Waals surface area contributed by atoms with Crippen LogP contribution in [0.15, 0.2) is 55.0 Å². The van der Waals surface area contributed by atoms with Gasteiger partial charge in [0.1, 0.15) is 6.04 Å². The van der Waals surface area contributed by atoms with Crippen LogP contribution < -0.4 is 0 Å². The van der Waals surface area contributed by atoms with Crippen LogP contribution in [0.4, 0.5) is 0 Å². The molecule has 3 heterocycles. The van der Waals surface area contributed by atoms with E-state index in [0.29, 0.717) is 36.5 Å². The number of aliphatic hydroxyl groups excluding tert-OH is 1. The van der Waals surface area contributed by atoms with Gasteiger partial charge in [0.2, 0.25) is 0 Å². The molecule has 0 aliphatic carbocycles. The molecule has 8 heteroatoms. The molecule has 1 unspecified atom stereocenters. The Kier molecular flexibility index (Phi) is 6.36. The van der Waals surface area contributed by atoms with Gasteiger partial charge in [-0.1, -0.05) is 36.3 Å². The second-order valence-electron chi connectivity index (χ2n) is 7.48. The van der Waals surface area contributed by atoms with E-state index in [1.165, 1.54) is 11.1 Å². The molecule has 3 aromatic rings. The summed E-state index contributed by atoms with van der Waals surface area (Å²) in [5.74, 6) is 5.70. The van der Waals surface area contributed by atoms with E-state index in [1.54, 1.807) is 30.3 Å². The number of rotatable bonds is 6. The summed E-state index contributed by atoms with van der Waals surface area (Å²) in [6.45, 7) is 1.45. The maximum Gasteiger partial charge on any atom is 0.255 e. The number of aliphatic hydroxyl groups is 1. The average molecular weight is 417 g/mol. The molecule has 1 fully saturated rings. The van der Waals surface area contributed by atoms with Gasteiger partial charge in [-0.3, -0.25) is 9.78 Å². The van der Waals surface area contributed by atoms with Crippen molar-refractivity contribution in [3.63, 3.8) is 0 Å². The first-order valence-corrected chi connectivity index (χ1v) is 10.0. The van der Waals surface area contributed by atoms with E-state index in [1.807, 2.05) is 30.3 Å². The van der Waals surface area contributed by atoms with Gasteiger partial charge in [-0.2, -0.15) is 9.90 Å². The van der Waals surface area contributed by atoms with Gasteiger partial charge in [-0.25, -0.2) is 0 Å². The minimum Gasteiger partial charge on any atom is -0.391 e. The number of ether oxygens (including phenoxy) is 1. The molecule has 1 aliphatic rings.